The van der Waals surface area contributed by atoms with Gasteiger partial charge in [0, 0.05) is 16.1 Å². The van der Waals surface area contributed by atoms with Gasteiger partial charge in [-0.3, -0.25) is 0 Å². The number of aryl methyl sites for hydroxylation is 3. The minimum absolute atomic E-state index is 0.0843. The Kier molecular flexibility index (Phi) is 5.07. The molecule has 0 radical (unpaired) electrons. The molecule has 2 N–H and O–H groups in total. The van der Waals surface area contributed by atoms with Crippen molar-refractivity contribution in [2.45, 2.75) is 33.2 Å². The smallest absolute Gasteiger partial charge is 0.123 e. The van der Waals surface area contributed by atoms with Crippen LogP contribution in [0.25, 0.3) is 0 Å². The molecule has 2 rings (SSSR count). The van der Waals surface area contributed by atoms with Gasteiger partial charge in [-0.25, -0.2) is 0 Å². The zero-order valence-corrected chi connectivity index (χ0v) is 14.6. The van der Waals surface area contributed by atoms with Crippen LogP contribution in [0.1, 0.15) is 33.9 Å². The molecule has 2 aromatic carbocycles. The Morgan fingerprint density at radius 3 is 2.38 bits per heavy atom. The lowest BCUT2D eigenvalue weighted by molar-refractivity contribution is 0.405. The first-order chi connectivity index (χ1) is 9.92. The summed E-state index contributed by atoms with van der Waals surface area (Å²) in [6.45, 7) is 6.30. The number of nitrogens with two attached hydrogens (primary N) is 1. The molecule has 0 fully saturated rings. The monoisotopic (exact) mass is 347 g/mol. The van der Waals surface area contributed by atoms with Crippen molar-refractivity contribution in [2.75, 3.05) is 7.11 Å². The highest BCUT2D eigenvalue weighted by Crippen LogP contribution is 2.32. The minimum atomic E-state index is -0.0843. The van der Waals surface area contributed by atoms with E-state index in [0.717, 1.165) is 27.8 Å². The van der Waals surface area contributed by atoms with Crippen molar-refractivity contribution >= 4 is 15.9 Å². The van der Waals surface area contributed by atoms with E-state index in [9.17, 15) is 0 Å². The fourth-order valence-electron chi connectivity index (χ4n) is 2.43. The van der Waals surface area contributed by atoms with Gasteiger partial charge in [0.05, 0.1) is 7.11 Å². The first-order valence-electron chi connectivity index (χ1n) is 7.08. The van der Waals surface area contributed by atoms with E-state index in [0.29, 0.717) is 0 Å². The van der Waals surface area contributed by atoms with Gasteiger partial charge in [0.25, 0.3) is 0 Å². The second kappa shape index (κ2) is 6.63. The Labute approximate surface area is 135 Å². The highest BCUT2D eigenvalue weighted by molar-refractivity contribution is 9.10. The van der Waals surface area contributed by atoms with Gasteiger partial charge in [0.2, 0.25) is 0 Å². The quantitative estimate of drug-likeness (QED) is 0.875. The van der Waals surface area contributed by atoms with E-state index in [-0.39, 0.29) is 6.04 Å². The van der Waals surface area contributed by atoms with Crippen LogP contribution >= 0.6 is 15.9 Å². The topological polar surface area (TPSA) is 35.2 Å². The van der Waals surface area contributed by atoms with Crippen LogP contribution in [0.3, 0.4) is 0 Å². The maximum absolute atomic E-state index is 6.41. The van der Waals surface area contributed by atoms with Crippen LogP contribution in [0.2, 0.25) is 0 Å². The average Bonchev–Trinajstić information content (AvgIpc) is 2.45. The van der Waals surface area contributed by atoms with Gasteiger partial charge >= 0.3 is 0 Å². The molecule has 1 atom stereocenters. The molecule has 0 amide bonds. The van der Waals surface area contributed by atoms with Crippen molar-refractivity contribution < 1.29 is 4.74 Å². The summed E-state index contributed by atoms with van der Waals surface area (Å²) in [5.74, 6) is 0.854. The molecule has 2 nitrogen and oxygen atoms in total. The van der Waals surface area contributed by atoms with Crippen molar-refractivity contribution in [1.82, 2.24) is 0 Å². The summed E-state index contributed by atoms with van der Waals surface area (Å²) in [6, 6.07) is 10.5. The number of rotatable bonds is 4. The molecule has 1 unspecified atom stereocenters. The Bertz CT molecular complexity index is 652. The van der Waals surface area contributed by atoms with E-state index >= 15 is 0 Å². The molecule has 0 aromatic heterocycles. The third kappa shape index (κ3) is 3.66. The van der Waals surface area contributed by atoms with Crippen LogP contribution in [0.15, 0.2) is 34.8 Å². The van der Waals surface area contributed by atoms with Crippen LogP contribution in [-0.2, 0) is 6.42 Å². The number of methoxy groups -OCH3 is 1. The highest BCUT2D eigenvalue weighted by Gasteiger charge is 2.15. The van der Waals surface area contributed by atoms with E-state index in [4.69, 9.17) is 10.5 Å². The minimum Gasteiger partial charge on any atom is -0.496 e. The second-order valence-electron chi connectivity index (χ2n) is 5.57. The lowest BCUT2D eigenvalue weighted by Crippen LogP contribution is -2.15. The largest absolute Gasteiger partial charge is 0.496 e. The summed E-state index contributed by atoms with van der Waals surface area (Å²) in [5, 5.41) is 0. The molecular weight excluding hydrogens is 326 g/mol. The van der Waals surface area contributed by atoms with Gasteiger partial charge in [-0.05, 0) is 61.6 Å². The molecule has 112 valence electrons. The van der Waals surface area contributed by atoms with Gasteiger partial charge in [-0.2, -0.15) is 0 Å². The predicted molar refractivity (Wildman–Crippen MR) is 92.0 cm³/mol. The third-order valence-electron chi connectivity index (χ3n) is 3.94. The van der Waals surface area contributed by atoms with Crippen LogP contribution in [-0.4, -0.2) is 7.11 Å². The summed E-state index contributed by atoms with van der Waals surface area (Å²) in [4.78, 5) is 0. The molecule has 0 aliphatic heterocycles. The number of hydrogen-bond acceptors (Lipinski definition) is 2. The summed E-state index contributed by atoms with van der Waals surface area (Å²) in [6.07, 6.45) is 0.799. The fraction of sp³-hybridized carbons (Fsp3) is 0.333. The molecule has 0 aliphatic rings. The lowest BCUT2D eigenvalue weighted by atomic mass is 9.96. The second-order valence-corrected chi connectivity index (χ2v) is 6.43. The summed E-state index contributed by atoms with van der Waals surface area (Å²) in [7, 11) is 1.69. The van der Waals surface area contributed by atoms with E-state index in [2.05, 4.69) is 54.0 Å². The highest BCUT2D eigenvalue weighted by atomic mass is 79.9. The Morgan fingerprint density at radius 2 is 1.76 bits per heavy atom. The molecule has 0 saturated heterocycles. The SMILES string of the molecule is COc1cc(C)c(Br)cc1C(N)Cc1ccc(C)c(C)c1. The molecule has 2 aromatic rings. The average molecular weight is 348 g/mol. The van der Waals surface area contributed by atoms with Gasteiger partial charge in [-0.1, -0.05) is 34.1 Å². The lowest BCUT2D eigenvalue weighted by Gasteiger charge is -2.18. The predicted octanol–water partition coefficient (Wildman–Crippen LogP) is 4.63. The number of halogens is 1. The number of benzene rings is 2. The van der Waals surface area contributed by atoms with Crippen molar-refractivity contribution in [3.63, 3.8) is 0 Å². The zero-order valence-electron chi connectivity index (χ0n) is 13.0. The van der Waals surface area contributed by atoms with E-state index in [1.807, 2.05) is 13.0 Å². The maximum Gasteiger partial charge on any atom is 0.123 e. The molecule has 0 aliphatic carbocycles. The summed E-state index contributed by atoms with van der Waals surface area (Å²) in [5.41, 5.74) is 12.5. The summed E-state index contributed by atoms with van der Waals surface area (Å²) < 4.78 is 6.55. The van der Waals surface area contributed by atoms with Crippen LogP contribution in [0.5, 0.6) is 5.75 Å². The van der Waals surface area contributed by atoms with Crippen molar-refractivity contribution in [3.05, 3.63) is 62.6 Å². The molecule has 3 heteroatoms. The third-order valence-corrected chi connectivity index (χ3v) is 4.79. The Morgan fingerprint density at radius 1 is 1.05 bits per heavy atom. The standard InChI is InChI=1S/C18H22BrNO/c1-11-5-6-14(7-12(11)2)9-17(20)15-10-16(19)13(3)8-18(15)21-4/h5-8,10,17H,9,20H2,1-4H3. The van der Waals surface area contributed by atoms with Crippen molar-refractivity contribution in [2.24, 2.45) is 5.73 Å². The zero-order chi connectivity index (χ0) is 15.6. The van der Waals surface area contributed by atoms with E-state index in [1.54, 1.807) is 7.11 Å². The van der Waals surface area contributed by atoms with Gasteiger partial charge in [0.1, 0.15) is 5.75 Å². The van der Waals surface area contributed by atoms with Gasteiger partial charge < -0.3 is 10.5 Å². The van der Waals surface area contributed by atoms with Crippen molar-refractivity contribution in [3.8, 4) is 5.75 Å². The van der Waals surface area contributed by atoms with Crippen LogP contribution in [0.4, 0.5) is 0 Å². The Hall–Kier alpha value is -1.32. The number of hydrogen-bond donors (Lipinski definition) is 1. The van der Waals surface area contributed by atoms with Gasteiger partial charge in [-0.15, -0.1) is 0 Å². The first kappa shape index (κ1) is 16.1. The molecule has 0 heterocycles. The molecular formula is C18H22BrNO. The van der Waals surface area contributed by atoms with Crippen LogP contribution < -0.4 is 10.5 Å². The van der Waals surface area contributed by atoms with Crippen molar-refractivity contribution in [1.29, 1.82) is 0 Å². The van der Waals surface area contributed by atoms with Crippen LogP contribution in [0, 0.1) is 20.8 Å². The maximum atomic E-state index is 6.41. The fourth-order valence-corrected chi connectivity index (χ4v) is 2.79. The Balaban J connectivity index is 2.29. The molecule has 0 saturated carbocycles. The normalized spacial score (nSPS) is 12.3. The first-order valence-corrected chi connectivity index (χ1v) is 7.87. The van der Waals surface area contributed by atoms with E-state index < -0.39 is 0 Å². The number of ether oxygens (including phenoxy) is 1. The van der Waals surface area contributed by atoms with E-state index in [1.165, 1.54) is 16.7 Å². The van der Waals surface area contributed by atoms with Gasteiger partial charge in [0.15, 0.2) is 0 Å². The summed E-state index contributed by atoms with van der Waals surface area (Å²) >= 11 is 3.57. The molecule has 0 bridgehead atoms. The molecule has 21 heavy (non-hydrogen) atoms. The molecule has 0 spiro atoms.